The summed E-state index contributed by atoms with van der Waals surface area (Å²) < 4.78 is 16.2. The number of fused-ring (bicyclic) bond motifs is 1. The minimum absolute atomic E-state index is 0.229. The van der Waals surface area contributed by atoms with Crippen LogP contribution in [0.25, 0.3) is 10.9 Å². The highest BCUT2D eigenvalue weighted by atomic mass is 16.5. The summed E-state index contributed by atoms with van der Waals surface area (Å²) in [7, 11) is 0. The summed E-state index contributed by atoms with van der Waals surface area (Å²) in [4.78, 5) is 29.4. The number of anilines is 2. The molecule has 0 radical (unpaired) electrons. The van der Waals surface area contributed by atoms with Gasteiger partial charge in [-0.3, -0.25) is 4.98 Å². The third-order valence-corrected chi connectivity index (χ3v) is 5.25. The van der Waals surface area contributed by atoms with Crippen LogP contribution in [0.2, 0.25) is 0 Å². The molecule has 0 aliphatic heterocycles. The van der Waals surface area contributed by atoms with E-state index in [1.807, 2.05) is 54.6 Å². The number of nitrogens with one attached hydrogen (secondary N) is 1. The van der Waals surface area contributed by atoms with E-state index in [1.54, 1.807) is 32.0 Å². The zero-order chi connectivity index (χ0) is 24.6. The Balaban J connectivity index is 1.65. The molecule has 35 heavy (non-hydrogen) atoms. The van der Waals surface area contributed by atoms with Gasteiger partial charge >= 0.3 is 11.9 Å². The van der Waals surface area contributed by atoms with Crippen molar-refractivity contribution < 1.29 is 23.8 Å². The molecule has 0 amide bonds. The van der Waals surface area contributed by atoms with Gasteiger partial charge in [0.15, 0.2) is 0 Å². The van der Waals surface area contributed by atoms with Crippen LogP contribution in [0.1, 0.15) is 40.1 Å². The third-order valence-electron chi connectivity index (χ3n) is 5.25. The second kappa shape index (κ2) is 11.2. The number of nitrogens with zero attached hydrogens (tertiary/aromatic N) is 1. The lowest BCUT2D eigenvalue weighted by atomic mass is 10.1. The normalized spacial score (nSPS) is 10.6. The smallest absolute Gasteiger partial charge is 0.341 e. The minimum Gasteiger partial charge on any atom is -0.489 e. The van der Waals surface area contributed by atoms with Crippen LogP contribution in [0.4, 0.5) is 11.4 Å². The zero-order valence-corrected chi connectivity index (χ0v) is 19.6. The van der Waals surface area contributed by atoms with Gasteiger partial charge in [0.1, 0.15) is 17.9 Å². The van der Waals surface area contributed by atoms with Gasteiger partial charge in [-0.25, -0.2) is 9.59 Å². The molecule has 0 unspecified atom stereocenters. The summed E-state index contributed by atoms with van der Waals surface area (Å²) in [6.45, 7) is 4.45. The molecule has 0 saturated carbocycles. The lowest BCUT2D eigenvalue weighted by Gasteiger charge is -2.15. The Morgan fingerprint density at radius 2 is 1.57 bits per heavy atom. The highest BCUT2D eigenvalue weighted by Gasteiger charge is 2.19. The average molecular weight is 471 g/mol. The third kappa shape index (κ3) is 5.76. The van der Waals surface area contributed by atoms with Crippen molar-refractivity contribution in [1.82, 2.24) is 4.98 Å². The van der Waals surface area contributed by atoms with E-state index in [9.17, 15) is 9.59 Å². The quantitative estimate of drug-likeness (QED) is 0.304. The Labute approximate surface area is 203 Å². The number of rotatable bonds is 9. The minimum atomic E-state index is -0.506. The lowest BCUT2D eigenvalue weighted by Crippen LogP contribution is -2.10. The van der Waals surface area contributed by atoms with Crippen molar-refractivity contribution in [2.45, 2.75) is 20.5 Å². The van der Waals surface area contributed by atoms with Crippen LogP contribution in [0.15, 0.2) is 79.0 Å². The predicted molar refractivity (Wildman–Crippen MR) is 134 cm³/mol. The fourth-order valence-corrected chi connectivity index (χ4v) is 3.55. The maximum Gasteiger partial charge on any atom is 0.341 e. The lowest BCUT2D eigenvalue weighted by molar-refractivity contribution is 0.0518. The van der Waals surface area contributed by atoms with Crippen molar-refractivity contribution in [3.05, 3.63) is 95.7 Å². The van der Waals surface area contributed by atoms with E-state index in [0.29, 0.717) is 34.5 Å². The standard InChI is InChI=1S/C28H26N2O5/c1-3-33-27(31)20-10-15-25-23(16-20)26(24(17-29-25)28(32)34-4-2)30-21-11-13-22(14-12-21)35-18-19-8-6-5-7-9-19/h5-17H,3-4,18H2,1-2H3,(H,29,30). The molecule has 0 saturated heterocycles. The van der Waals surface area contributed by atoms with Gasteiger partial charge in [-0.05, 0) is 61.9 Å². The number of ether oxygens (including phenoxy) is 3. The Bertz CT molecular complexity index is 1320. The highest BCUT2D eigenvalue weighted by molar-refractivity contribution is 6.07. The van der Waals surface area contributed by atoms with Gasteiger partial charge in [-0.2, -0.15) is 0 Å². The Morgan fingerprint density at radius 1 is 0.857 bits per heavy atom. The van der Waals surface area contributed by atoms with E-state index in [0.717, 1.165) is 11.3 Å². The maximum absolute atomic E-state index is 12.7. The molecule has 0 bridgehead atoms. The molecule has 1 N–H and O–H groups in total. The molecule has 0 aliphatic rings. The van der Waals surface area contributed by atoms with Gasteiger partial charge in [-0.1, -0.05) is 30.3 Å². The number of esters is 2. The first kappa shape index (κ1) is 23.8. The molecule has 178 valence electrons. The van der Waals surface area contributed by atoms with E-state index in [2.05, 4.69) is 10.3 Å². The van der Waals surface area contributed by atoms with Crippen LogP contribution in [0, 0.1) is 0 Å². The number of benzene rings is 3. The van der Waals surface area contributed by atoms with Crippen molar-refractivity contribution >= 4 is 34.2 Å². The summed E-state index contributed by atoms with van der Waals surface area (Å²) >= 11 is 0. The van der Waals surface area contributed by atoms with Gasteiger partial charge in [0.05, 0.1) is 30.0 Å². The molecular weight excluding hydrogens is 444 g/mol. The molecule has 3 aromatic carbocycles. The van der Waals surface area contributed by atoms with Crippen LogP contribution < -0.4 is 10.1 Å². The zero-order valence-electron chi connectivity index (χ0n) is 19.6. The fraction of sp³-hybridized carbons (Fsp3) is 0.179. The molecule has 0 aliphatic carbocycles. The largest absolute Gasteiger partial charge is 0.489 e. The predicted octanol–water partition coefficient (Wildman–Crippen LogP) is 5.91. The van der Waals surface area contributed by atoms with Crippen LogP contribution in [0.5, 0.6) is 5.75 Å². The van der Waals surface area contributed by atoms with E-state index < -0.39 is 11.9 Å². The first-order valence-corrected chi connectivity index (χ1v) is 11.4. The van der Waals surface area contributed by atoms with Crippen molar-refractivity contribution in [2.75, 3.05) is 18.5 Å². The Hall–Kier alpha value is -4.39. The topological polar surface area (TPSA) is 86.8 Å². The summed E-state index contributed by atoms with van der Waals surface area (Å²) in [6.07, 6.45) is 1.48. The molecular formula is C28H26N2O5. The Kier molecular flexibility index (Phi) is 7.57. The number of hydrogen-bond acceptors (Lipinski definition) is 7. The Morgan fingerprint density at radius 3 is 2.29 bits per heavy atom. The van der Waals surface area contributed by atoms with Gasteiger partial charge in [0, 0.05) is 17.3 Å². The fourth-order valence-electron chi connectivity index (χ4n) is 3.55. The molecule has 0 spiro atoms. The van der Waals surface area contributed by atoms with Crippen molar-refractivity contribution in [3.63, 3.8) is 0 Å². The number of aromatic nitrogens is 1. The van der Waals surface area contributed by atoms with E-state index in [4.69, 9.17) is 14.2 Å². The van der Waals surface area contributed by atoms with E-state index in [-0.39, 0.29) is 18.8 Å². The van der Waals surface area contributed by atoms with Crippen LogP contribution in [0.3, 0.4) is 0 Å². The van der Waals surface area contributed by atoms with Gasteiger partial charge in [0.25, 0.3) is 0 Å². The van der Waals surface area contributed by atoms with E-state index >= 15 is 0 Å². The van der Waals surface area contributed by atoms with E-state index in [1.165, 1.54) is 6.20 Å². The maximum atomic E-state index is 12.7. The number of hydrogen-bond donors (Lipinski definition) is 1. The number of pyridine rings is 1. The van der Waals surface area contributed by atoms with Gasteiger partial charge in [0.2, 0.25) is 0 Å². The summed E-state index contributed by atoms with van der Waals surface area (Å²) in [6, 6.07) is 22.4. The van der Waals surface area contributed by atoms with Crippen LogP contribution >= 0.6 is 0 Å². The van der Waals surface area contributed by atoms with Gasteiger partial charge < -0.3 is 19.5 Å². The van der Waals surface area contributed by atoms with Crippen LogP contribution in [-0.4, -0.2) is 30.1 Å². The average Bonchev–Trinajstić information content (AvgIpc) is 2.89. The molecule has 7 nitrogen and oxygen atoms in total. The van der Waals surface area contributed by atoms with Crippen molar-refractivity contribution in [3.8, 4) is 5.75 Å². The molecule has 7 heteroatoms. The summed E-state index contributed by atoms with van der Waals surface area (Å²) in [5.41, 5.74) is 3.57. The molecule has 0 atom stereocenters. The molecule has 4 rings (SSSR count). The first-order valence-electron chi connectivity index (χ1n) is 11.4. The molecule has 1 aromatic heterocycles. The second-order valence-electron chi connectivity index (χ2n) is 7.64. The molecule has 0 fully saturated rings. The summed E-state index contributed by atoms with van der Waals surface area (Å²) in [5.74, 6) is -0.232. The highest BCUT2D eigenvalue weighted by Crippen LogP contribution is 2.31. The summed E-state index contributed by atoms with van der Waals surface area (Å²) in [5, 5.41) is 3.91. The van der Waals surface area contributed by atoms with Crippen molar-refractivity contribution in [1.29, 1.82) is 0 Å². The van der Waals surface area contributed by atoms with Crippen LogP contribution in [-0.2, 0) is 16.1 Å². The second-order valence-corrected chi connectivity index (χ2v) is 7.64. The SMILES string of the molecule is CCOC(=O)c1ccc2ncc(C(=O)OCC)c(Nc3ccc(OCc4ccccc4)cc3)c2c1. The monoisotopic (exact) mass is 470 g/mol. The van der Waals surface area contributed by atoms with Gasteiger partial charge in [-0.15, -0.1) is 0 Å². The van der Waals surface area contributed by atoms with Crippen molar-refractivity contribution in [2.24, 2.45) is 0 Å². The first-order chi connectivity index (χ1) is 17.1. The molecule has 4 aromatic rings. The number of carbonyl (C=O) groups excluding carboxylic acids is 2. The number of carbonyl (C=O) groups is 2. The molecule has 1 heterocycles.